The molecule has 0 aromatic heterocycles. The van der Waals surface area contributed by atoms with Crippen LogP contribution in [-0.4, -0.2) is 49.0 Å². The van der Waals surface area contributed by atoms with E-state index in [2.05, 4.69) is 0 Å². The summed E-state index contributed by atoms with van der Waals surface area (Å²) < 4.78 is 38.8. The average Bonchev–Trinajstić information content (AvgIpc) is 2.90. The normalized spacial score (nSPS) is 14.3. The molecule has 0 aliphatic carbocycles. The van der Waals surface area contributed by atoms with Crippen molar-refractivity contribution in [3.05, 3.63) is 101 Å². The van der Waals surface area contributed by atoms with Gasteiger partial charge >= 0.3 is 0 Å². The molecule has 36 heavy (non-hydrogen) atoms. The molecule has 4 rings (SSSR count). The van der Waals surface area contributed by atoms with Gasteiger partial charge in [0.1, 0.15) is 18.1 Å². The number of amides is 1. The Hall–Kier alpha value is -3.71. The fraction of sp³-hybridized carbons (Fsp3) is 0.276. The largest absolute Gasteiger partial charge is 0.496 e. The van der Waals surface area contributed by atoms with Crippen molar-refractivity contribution in [3.63, 3.8) is 0 Å². The lowest BCUT2D eigenvalue weighted by atomic mass is 10.1. The van der Waals surface area contributed by atoms with Crippen LogP contribution in [0.25, 0.3) is 6.08 Å². The molecule has 5 nitrogen and oxygen atoms in total. The molecule has 188 valence electrons. The van der Waals surface area contributed by atoms with Crippen LogP contribution in [0, 0.1) is 18.6 Å². The van der Waals surface area contributed by atoms with Gasteiger partial charge in [-0.1, -0.05) is 35.9 Å². The number of benzene rings is 3. The maximum Gasteiger partial charge on any atom is 0.246 e. The first kappa shape index (κ1) is 25.4. The minimum absolute atomic E-state index is 0.0835. The first-order valence-electron chi connectivity index (χ1n) is 11.9. The molecule has 1 aliphatic heterocycles. The van der Waals surface area contributed by atoms with Crippen LogP contribution in [-0.2, 0) is 17.9 Å². The van der Waals surface area contributed by atoms with Crippen molar-refractivity contribution in [3.8, 4) is 11.5 Å². The third kappa shape index (κ3) is 6.49. The van der Waals surface area contributed by atoms with Crippen LogP contribution in [0.5, 0.6) is 11.5 Å². The van der Waals surface area contributed by atoms with Gasteiger partial charge in [-0.25, -0.2) is 8.78 Å². The Bertz CT molecular complexity index is 1220. The molecule has 3 aromatic carbocycles. The lowest BCUT2D eigenvalue weighted by Gasteiger charge is -2.34. The minimum Gasteiger partial charge on any atom is -0.496 e. The number of halogens is 2. The van der Waals surface area contributed by atoms with Crippen molar-refractivity contribution in [2.75, 3.05) is 33.3 Å². The molecule has 0 atom stereocenters. The molecule has 1 heterocycles. The molecule has 0 spiro atoms. The Kier molecular flexibility index (Phi) is 8.33. The van der Waals surface area contributed by atoms with Crippen molar-refractivity contribution < 1.29 is 23.0 Å². The third-order valence-corrected chi connectivity index (χ3v) is 6.25. The predicted octanol–water partition coefficient (Wildman–Crippen LogP) is 5.22. The van der Waals surface area contributed by atoms with Gasteiger partial charge in [0.05, 0.1) is 7.11 Å². The van der Waals surface area contributed by atoms with Crippen LogP contribution in [0.3, 0.4) is 0 Å². The zero-order valence-electron chi connectivity index (χ0n) is 20.5. The van der Waals surface area contributed by atoms with E-state index in [1.54, 1.807) is 30.2 Å². The molecule has 1 fully saturated rings. The molecule has 3 aromatic rings. The number of nitrogens with zero attached hydrogens (tertiary/aromatic N) is 2. The summed E-state index contributed by atoms with van der Waals surface area (Å²) in [4.78, 5) is 16.5. The Balaban J connectivity index is 1.32. The molecule has 0 N–H and O–H groups in total. The van der Waals surface area contributed by atoms with Crippen LogP contribution in [0.1, 0.15) is 22.3 Å². The fourth-order valence-electron chi connectivity index (χ4n) is 4.12. The molecule has 1 amide bonds. The SMILES string of the molecule is COc1ccc(/C=C/C(=O)N2CCN(Cc3cccc(F)c3F)CC2)cc1COc1ccc(C)cc1. The summed E-state index contributed by atoms with van der Waals surface area (Å²) in [6.07, 6.45) is 3.35. The average molecular weight is 493 g/mol. The highest BCUT2D eigenvalue weighted by Gasteiger charge is 2.21. The molecule has 0 radical (unpaired) electrons. The first-order valence-corrected chi connectivity index (χ1v) is 11.9. The number of carbonyl (C=O) groups excluding carboxylic acids is 1. The van der Waals surface area contributed by atoms with Gasteiger partial charge in [-0.3, -0.25) is 9.69 Å². The van der Waals surface area contributed by atoms with Gasteiger partial charge in [0.2, 0.25) is 5.91 Å². The molecular formula is C29H30F2N2O3. The van der Waals surface area contributed by atoms with E-state index in [0.717, 1.165) is 28.7 Å². The molecule has 1 saturated heterocycles. The van der Waals surface area contributed by atoms with E-state index in [9.17, 15) is 13.6 Å². The van der Waals surface area contributed by atoms with E-state index in [-0.39, 0.29) is 5.91 Å². The van der Waals surface area contributed by atoms with Crippen LogP contribution >= 0.6 is 0 Å². The first-order chi connectivity index (χ1) is 17.4. The lowest BCUT2D eigenvalue weighted by molar-refractivity contribution is -0.127. The third-order valence-electron chi connectivity index (χ3n) is 6.25. The van der Waals surface area contributed by atoms with Gasteiger partial charge in [-0.15, -0.1) is 0 Å². The van der Waals surface area contributed by atoms with Crippen molar-refractivity contribution in [2.24, 2.45) is 0 Å². The Morgan fingerprint density at radius 1 is 0.972 bits per heavy atom. The predicted molar refractivity (Wildman–Crippen MR) is 136 cm³/mol. The maximum atomic E-state index is 14.0. The Labute approximate surface area is 210 Å². The van der Waals surface area contributed by atoms with Crippen LogP contribution in [0.15, 0.2) is 66.7 Å². The van der Waals surface area contributed by atoms with Gasteiger partial charge in [0.25, 0.3) is 0 Å². The summed E-state index contributed by atoms with van der Waals surface area (Å²) in [6, 6.07) is 17.8. The van der Waals surface area contributed by atoms with Crippen LogP contribution in [0.4, 0.5) is 8.78 Å². The zero-order valence-corrected chi connectivity index (χ0v) is 20.5. The quantitative estimate of drug-likeness (QED) is 0.405. The molecule has 7 heteroatoms. The molecule has 0 unspecified atom stereocenters. The summed E-state index contributed by atoms with van der Waals surface area (Å²) in [5.74, 6) is -0.230. The van der Waals surface area contributed by atoms with E-state index in [4.69, 9.17) is 9.47 Å². The molecule has 1 aliphatic rings. The number of ether oxygens (including phenoxy) is 2. The topological polar surface area (TPSA) is 42.0 Å². The highest BCUT2D eigenvalue weighted by atomic mass is 19.2. The van der Waals surface area contributed by atoms with Gasteiger partial charge < -0.3 is 14.4 Å². The van der Waals surface area contributed by atoms with E-state index in [0.29, 0.717) is 44.9 Å². The number of methoxy groups -OCH3 is 1. The highest BCUT2D eigenvalue weighted by molar-refractivity contribution is 5.91. The van der Waals surface area contributed by atoms with E-state index < -0.39 is 11.6 Å². The number of hydrogen-bond acceptors (Lipinski definition) is 4. The Morgan fingerprint density at radius 2 is 1.72 bits per heavy atom. The Morgan fingerprint density at radius 3 is 2.44 bits per heavy atom. The van der Waals surface area contributed by atoms with Crippen molar-refractivity contribution in [1.82, 2.24) is 9.80 Å². The number of piperazine rings is 1. The summed E-state index contributed by atoms with van der Waals surface area (Å²) in [7, 11) is 1.62. The number of carbonyl (C=O) groups is 1. The molecular weight excluding hydrogens is 462 g/mol. The van der Waals surface area contributed by atoms with Crippen molar-refractivity contribution >= 4 is 12.0 Å². The highest BCUT2D eigenvalue weighted by Crippen LogP contribution is 2.23. The molecule has 0 bridgehead atoms. The smallest absolute Gasteiger partial charge is 0.246 e. The fourth-order valence-corrected chi connectivity index (χ4v) is 4.12. The number of hydrogen-bond donors (Lipinski definition) is 0. The minimum atomic E-state index is -0.838. The van der Waals surface area contributed by atoms with Crippen LogP contribution in [0.2, 0.25) is 0 Å². The second-order valence-electron chi connectivity index (χ2n) is 8.82. The summed E-state index contributed by atoms with van der Waals surface area (Å²) in [5.41, 5.74) is 3.24. The van der Waals surface area contributed by atoms with Gasteiger partial charge in [0.15, 0.2) is 11.6 Å². The van der Waals surface area contributed by atoms with Crippen molar-refractivity contribution in [2.45, 2.75) is 20.1 Å². The number of rotatable bonds is 8. The summed E-state index contributed by atoms with van der Waals surface area (Å²) >= 11 is 0. The lowest BCUT2D eigenvalue weighted by Crippen LogP contribution is -2.47. The monoisotopic (exact) mass is 492 g/mol. The van der Waals surface area contributed by atoms with Gasteiger partial charge in [-0.05, 0) is 48.9 Å². The second-order valence-corrected chi connectivity index (χ2v) is 8.82. The molecule has 0 saturated carbocycles. The van der Waals surface area contributed by atoms with Crippen molar-refractivity contribution in [1.29, 1.82) is 0 Å². The number of aryl methyl sites for hydroxylation is 1. The van der Waals surface area contributed by atoms with Crippen LogP contribution < -0.4 is 9.47 Å². The summed E-state index contributed by atoms with van der Waals surface area (Å²) in [6.45, 7) is 4.93. The van der Waals surface area contributed by atoms with E-state index in [1.807, 2.05) is 54.3 Å². The standard InChI is InChI=1S/C29H30F2N2O3/c1-21-6-10-25(11-7-21)36-20-24-18-22(8-12-27(24)35-2)9-13-28(34)33-16-14-32(15-17-33)19-23-4-3-5-26(30)29(23)31/h3-13,18H,14-17,19-20H2,1-2H3/b13-9+. The van der Waals surface area contributed by atoms with E-state index >= 15 is 0 Å². The van der Waals surface area contributed by atoms with E-state index in [1.165, 1.54) is 11.6 Å². The second kappa shape index (κ2) is 11.8. The maximum absolute atomic E-state index is 14.0. The zero-order chi connectivity index (χ0) is 25.5. The van der Waals surface area contributed by atoms with Gasteiger partial charge in [0, 0.05) is 49.9 Å². The summed E-state index contributed by atoms with van der Waals surface area (Å²) in [5, 5.41) is 0. The van der Waals surface area contributed by atoms with Gasteiger partial charge in [-0.2, -0.15) is 0 Å².